The summed E-state index contributed by atoms with van der Waals surface area (Å²) < 4.78 is 0. The molecular formula is C12H13N3O2. The van der Waals surface area contributed by atoms with Crippen LogP contribution in [-0.2, 0) is 4.79 Å². The zero-order valence-corrected chi connectivity index (χ0v) is 9.59. The average Bonchev–Trinajstić information content (AvgIpc) is 2.70. The first kappa shape index (κ1) is 10.2. The summed E-state index contributed by atoms with van der Waals surface area (Å²) in [6.07, 6.45) is -0.765. The van der Waals surface area contributed by atoms with Gasteiger partial charge >= 0.3 is 0 Å². The van der Waals surface area contributed by atoms with Gasteiger partial charge in [0.15, 0.2) is 0 Å². The van der Waals surface area contributed by atoms with Gasteiger partial charge in [0.05, 0.1) is 17.1 Å². The van der Waals surface area contributed by atoms with E-state index in [9.17, 15) is 9.90 Å². The monoisotopic (exact) mass is 231 g/mol. The van der Waals surface area contributed by atoms with Crippen LogP contribution in [0.4, 0.5) is 17.1 Å². The molecule has 2 aliphatic rings. The second kappa shape index (κ2) is 3.24. The third-order valence-electron chi connectivity index (χ3n) is 2.99. The van der Waals surface area contributed by atoms with Gasteiger partial charge in [-0.2, -0.15) is 0 Å². The molecule has 17 heavy (non-hydrogen) atoms. The molecule has 2 heterocycles. The van der Waals surface area contributed by atoms with Crippen LogP contribution in [0.5, 0.6) is 0 Å². The van der Waals surface area contributed by atoms with Crippen molar-refractivity contribution in [1.29, 1.82) is 0 Å². The molecule has 2 aliphatic heterocycles. The quantitative estimate of drug-likeness (QED) is 0.511. The molecule has 0 saturated carbocycles. The topological polar surface area (TPSA) is 73.4 Å². The van der Waals surface area contributed by atoms with Gasteiger partial charge in [0.25, 0.3) is 5.91 Å². The summed E-state index contributed by atoms with van der Waals surface area (Å²) >= 11 is 0. The summed E-state index contributed by atoms with van der Waals surface area (Å²) in [7, 11) is 0. The fraction of sp³-hybridized carbons (Fsp3) is 0.250. The van der Waals surface area contributed by atoms with Gasteiger partial charge in [-0.15, -0.1) is 0 Å². The van der Waals surface area contributed by atoms with Crippen LogP contribution in [0.1, 0.15) is 19.4 Å². The Hall–Kier alpha value is -2.01. The number of benzene rings is 1. The molecule has 3 rings (SSSR count). The van der Waals surface area contributed by atoms with Crippen molar-refractivity contribution in [2.24, 2.45) is 0 Å². The number of aliphatic hydroxyl groups excluding tert-OH is 1. The second-order valence-electron chi connectivity index (χ2n) is 4.46. The number of carbonyl (C=O) groups is 1. The molecule has 88 valence electrons. The van der Waals surface area contributed by atoms with E-state index in [1.54, 1.807) is 0 Å². The molecule has 1 aromatic rings. The molecule has 0 fully saturated rings. The van der Waals surface area contributed by atoms with E-state index in [2.05, 4.69) is 16.0 Å². The van der Waals surface area contributed by atoms with E-state index in [1.807, 2.05) is 26.0 Å². The number of amides is 1. The molecule has 5 heteroatoms. The summed E-state index contributed by atoms with van der Waals surface area (Å²) in [5.74, 6) is -0.0655. The molecule has 5 nitrogen and oxygen atoms in total. The van der Waals surface area contributed by atoms with Gasteiger partial charge in [-0.25, -0.2) is 0 Å². The van der Waals surface area contributed by atoms with Crippen LogP contribution < -0.4 is 16.0 Å². The molecule has 0 spiro atoms. The van der Waals surface area contributed by atoms with E-state index in [-0.39, 0.29) is 5.91 Å². The van der Waals surface area contributed by atoms with E-state index in [4.69, 9.17) is 0 Å². The van der Waals surface area contributed by atoms with Crippen molar-refractivity contribution in [1.82, 2.24) is 0 Å². The largest absolute Gasteiger partial charge is 0.357 e. The minimum absolute atomic E-state index is 0.0655. The molecule has 1 atom stereocenters. The highest BCUT2D eigenvalue weighted by molar-refractivity contribution is 6.32. The minimum atomic E-state index is -0.765. The molecule has 1 aromatic carbocycles. The lowest BCUT2D eigenvalue weighted by Gasteiger charge is -2.04. The molecule has 0 bridgehead atoms. The lowest BCUT2D eigenvalue weighted by Crippen LogP contribution is -2.20. The van der Waals surface area contributed by atoms with Crippen molar-refractivity contribution in [3.8, 4) is 0 Å². The molecular weight excluding hydrogens is 218 g/mol. The number of carbonyl (C=O) groups excluding carboxylic acids is 1. The molecule has 1 unspecified atom stereocenters. The van der Waals surface area contributed by atoms with Crippen molar-refractivity contribution < 1.29 is 9.90 Å². The fourth-order valence-electron chi connectivity index (χ4n) is 2.28. The normalized spacial score (nSPS) is 20.3. The van der Waals surface area contributed by atoms with Crippen molar-refractivity contribution in [3.63, 3.8) is 0 Å². The first-order chi connectivity index (χ1) is 8.06. The average molecular weight is 231 g/mol. The Balaban J connectivity index is 2.18. The van der Waals surface area contributed by atoms with E-state index >= 15 is 0 Å². The van der Waals surface area contributed by atoms with Gasteiger partial charge in [0.1, 0.15) is 0 Å². The zero-order chi connectivity index (χ0) is 12.2. The number of hydrogen-bond acceptors (Lipinski definition) is 4. The van der Waals surface area contributed by atoms with Crippen LogP contribution in [0, 0.1) is 0 Å². The number of hydrogen-bond donors (Lipinski definition) is 4. The Morgan fingerprint density at radius 2 is 1.82 bits per heavy atom. The maximum atomic E-state index is 11.8. The number of allylic oxidation sites excluding steroid dienone is 1. The van der Waals surface area contributed by atoms with Crippen molar-refractivity contribution in [2.75, 3.05) is 16.0 Å². The van der Waals surface area contributed by atoms with Crippen LogP contribution in [-0.4, -0.2) is 17.4 Å². The molecule has 0 saturated heterocycles. The molecule has 4 N–H and O–H groups in total. The lowest BCUT2D eigenvalue weighted by atomic mass is 10.0. The maximum absolute atomic E-state index is 11.8. The predicted octanol–water partition coefficient (Wildman–Crippen LogP) is 1.55. The third-order valence-corrected chi connectivity index (χ3v) is 2.99. The van der Waals surface area contributed by atoms with Crippen LogP contribution in [0.15, 0.2) is 17.7 Å². The van der Waals surface area contributed by atoms with Crippen LogP contribution >= 0.6 is 0 Å². The van der Waals surface area contributed by atoms with Crippen molar-refractivity contribution in [2.45, 2.75) is 20.2 Å². The number of nitrogens with one attached hydrogen (secondary N) is 3. The van der Waals surface area contributed by atoms with Gasteiger partial charge in [-0.1, -0.05) is 5.57 Å². The molecule has 0 aromatic heterocycles. The van der Waals surface area contributed by atoms with E-state index < -0.39 is 6.35 Å². The molecule has 0 aliphatic carbocycles. The van der Waals surface area contributed by atoms with Crippen LogP contribution in [0.25, 0.3) is 5.57 Å². The van der Waals surface area contributed by atoms with Crippen LogP contribution in [0.2, 0.25) is 0 Å². The Kier molecular flexibility index (Phi) is 1.94. The summed E-state index contributed by atoms with van der Waals surface area (Å²) in [5, 5.41) is 18.0. The SMILES string of the molecule is CC(C)=C1C(=O)Nc2cc3c(cc21)NC(O)N3. The maximum Gasteiger partial charge on any atom is 0.256 e. The molecule has 1 amide bonds. The van der Waals surface area contributed by atoms with E-state index in [0.29, 0.717) is 5.57 Å². The predicted molar refractivity (Wildman–Crippen MR) is 66.6 cm³/mol. The summed E-state index contributed by atoms with van der Waals surface area (Å²) in [5.41, 5.74) is 4.97. The highest BCUT2D eigenvalue weighted by atomic mass is 16.3. The van der Waals surface area contributed by atoms with Gasteiger partial charge in [0.2, 0.25) is 6.35 Å². The second-order valence-corrected chi connectivity index (χ2v) is 4.46. The number of anilines is 3. The Morgan fingerprint density at radius 1 is 1.18 bits per heavy atom. The molecule has 0 radical (unpaired) electrons. The summed E-state index contributed by atoms with van der Waals surface area (Å²) in [6.45, 7) is 3.83. The van der Waals surface area contributed by atoms with Crippen molar-refractivity contribution in [3.05, 3.63) is 23.3 Å². The minimum Gasteiger partial charge on any atom is -0.357 e. The Labute approximate surface area is 98.5 Å². The van der Waals surface area contributed by atoms with Gasteiger partial charge < -0.3 is 21.1 Å². The van der Waals surface area contributed by atoms with Gasteiger partial charge in [-0.3, -0.25) is 4.79 Å². The van der Waals surface area contributed by atoms with Gasteiger partial charge in [0, 0.05) is 11.1 Å². The van der Waals surface area contributed by atoms with Gasteiger partial charge in [-0.05, 0) is 26.0 Å². The summed E-state index contributed by atoms with van der Waals surface area (Å²) in [6, 6.07) is 3.72. The third kappa shape index (κ3) is 1.39. The zero-order valence-electron chi connectivity index (χ0n) is 9.59. The standard InChI is InChI=1S/C12H13N3O2/c1-5(2)10-6-3-8-9(15-12(17)14-8)4-7(6)13-11(10)16/h3-4,12,14-15,17H,1-2H3,(H,13,16). The van der Waals surface area contributed by atoms with E-state index in [0.717, 1.165) is 28.2 Å². The first-order valence-electron chi connectivity index (χ1n) is 5.44. The van der Waals surface area contributed by atoms with Crippen LogP contribution in [0.3, 0.4) is 0 Å². The van der Waals surface area contributed by atoms with Crippen molar-refractivity contribution >= 4 is 28.5 Å². The van der Waals surface area contributed by atoms with E-state index in [1.165, 1.54) is 0 Å². The number of aliphatic hydroxyl groups is 1. The fourth-order valence-corrected chi connectivity index (χ4v) is 2.28. The smallest absolute Gasteiger partial charge is 0.256 e. The Morgan fingerprint density at radius 3 is 2.47 bits per heavy atom. The Bertz CT molecular complexity index is 559. The highest BCUT2D eigenvalue weighted by Crippen LogP contribution is 2.41. The highest BCUT2D eigenvalue weighted by Gasteiger charge is 2.28. The summed E-state index contributed by atoms with van der Waals surface area (Å²) in [4.78, 5) is 11.8. The number of fused-ring (bicyclic) bond motifs is 2. The lowest BCUT2D eigenvalue weighted by molar-refractivity contribution is -0.110. The number of rotatable bonds is 0. The first-order valence-corrected chi connectivity index (χ1v) is 5.44.